The van der Waals surface area contributed by atoms with Crippen molar-refractivity contribution < 1.29 is 14.7 Å². The number of carbonyl (C=O) groups excluding carboxylic acids is 2. The second-order valence-electron chi connectivity index (χ2n) is 10.8. The van der Waals surface area contributed by atoms with Crippen LogP contribution in [0.2, 0.25) is 0 Å². The zero-order valence-electron chi connectivity index (χ0n) is 21.8. The van der Waals surface area contributed by atoms with Crippen LogP contribution < -0.4 is 11.4 Å². The van der Waals surface area contributed by atoms with Crippen LogP contribution in [-0.2, 0) is 16.1 Å². The van der Waals surface area contributed by atoms with Crippen LogP contribution in [-0.4, -0.2) is 30.6 Å². The Morgan fingerprint density at radius 2 is 1.61 bits per heavy atom. The Morgan fingerprint density at radius 1 is 0.895 bits per heavy atom. The summed E-state index contributed by atoms with van der Waals surface area (Å²) in [5.74, 6) is -1.56. The van der Waals surface area contributed by atoms with E-state index in [1.807, 2.05) is 25.1 Å². The largest absolute Gasteiger partial charge is 0.507 e. The maximum Gasteiger partial charge on any atom is 0.352 e. The Labute approximate surface area is 219 Å². The molecule has 6 rings (SSSR count). The zero-order chi connectivity index (χ0) is 27.1. The number of rotatable bonds is 2. The number of benzene rings is 2. The Hall–Kier alpha value is -4.20. The molecule has 0 radical (unpaired) electrons. The molecule has 8 nitrogen and oxygen atoms in total. The summed E-state index contributed by atoms with van der Waals surface area (Å²) in [6.07, 6.45) is 2.10. The number of hydrogen-bond acceptors (Lipinski definition) is 5. The number of carbonyl (C=O) groups is 2. The van der Waals surface area contributed by atoms with Crippen molar-refractivity contribution in [1.29, 1.82) is 0 Å². The smallest absolute Gasteiger partial charge is 0.352 e. The van der Waals surface area contributed by atoms with Crippen LogP contribution >= 0.6 is 0 Å². The van der Waals surface area contributed by atoms with Crippen LogP contribution in [0.4, 0.5) is 0 Å². The van der Waals surface area contributed by atoms with E-state index in [1.165, 1.54) is 9.36 Å². The average Bonchev–Trinajstić information content (AvgIpc) is 3.17. The second kappa shape index (κ2) is 8.15. The molecular formula is C30H29N3O5. The number of nitrogens with zero attached hydrogens (tertiary/aromatic N) is 3. The maximum atomic E-state index is 14.0. The molecule has 0 bridgehead atoms. The molecule has 1 N–H and O–H groups in total. The van der Waals surface area contributed by atoms with E-state index in [4.69, 9.17) is 0 Å². The first kappa shape index (κ1) is 24.2. The highest BCUT2D eigenvalue weighted by atomic mass is 16.3. The van der Waals surface area contributed by atoms with Gasteiger partial charge in [0.1, 0.15) is 5.75 Å². The number of para-hydroxylation sites is 2. The summed E-state index contributed by atoms with van der Waals surface area (Å²) < 4.78 is 4.00. The maximum absolute atomic E-state index is 14.0. The van der Waals surface area contributed by atoms with Gasteiger partial charge in [0.15, 0.2) is 11.6 Å². The summed E-state index contributed by atoms with van der Waals surface area (Å²) >= 11 is 0. The third kappa shape index (κ3) is 2.97. The summed E-state index contributed by atoms with van der Waals surface area (Å²) in [6.45, 7) is 7.11. The first-order chi connectivity index (χ1) is 18.1. The molecule has 1 aromatic heterocycles. The van der Waals surface area contributed by atoms with Gasteiger partial charge in [-0.1, -0.05) is 49.4 Å². The Kier molecular flexibility index (Phi) is 5.18. The van der Waals surface area contributed by atoms with Crippen LogP contribution in [0.5, 0.6) is 5.75 Å². The molecular weight excluding hydrogens is 482 g/mol. The molecule has 2 aromatic carbocycles. The van der Waals surface area contributed by atoms with E-state index < -0.39 is 34.7 Å². The quantitative estimate of drug-likeness (QED) is 0.530. The number of Topliss-reactive ketones (excluding diaryl/α,β-unsaturated/α-hetero) is 2. The van der Waals surface area contributed by atoms with Gasteiger partial charge in [-0.3, -0.25) is 9.59 Å². The number of aromatic hydroxyl groups is 1. The van der Waals surface area contributed by atoms with Gasteiger partial charge in [-0.25, -0.2) is 23.5 Å². The van der Waals surface area contributed by atoms with E-state index in [2.05, 4.69) is 0 Å². The lowest BCUT2D eigenvalue weighted by Crippen LogP contribution is -2.55. The van der Waals surface area contributed by atoms with Gasteiger partial charge in [0.05, 0.1) is 23.7 Å². The van der Waals surface area contributed by atoms with E-state index in [0.29, 0.717) is 28.0 Å². The molecule has 0 amide bonds. The standard InChI is InChI=1S/C30H29N3O5/c1-16-9-8-12-21(25(16)34)24-20-13-14-31-28(37)32(19-10-6-5-7-11-19)29(38)33(31)23(20)15-22-26(35)17(2)18(3)27(36)30(22,24)4/h5-13,22-24,34H,14-15H2,1-4H3/t22-,23+,24+,30+/m0/s1. The van der Waals surface area contributed by atoms with Crippen LogP contribution in [0, 0.1) is 18.3 Å². The normalized spacial score (nSPS) is 26.5. The van der Waals surface area contributed by atoms with Gasteiger partial charge >= 0.3 is 11.4 Å². The average molecular weight is 512 g/mol. The minimum Gasteiger partial charge on any atom is -0.507 e. The van der Waals surface area contributed by atoms with Gasteiger partial charge in [0.2, 0.25) is 0 Å². The van der Waals surface area contributed by atoms with E-state index >= 15 is 0 Å². The molecule has 1 fully saturated rings. The van der Waals surface area contributed by atoms with Crippen LogP contribution in [0.3, 0.4) is 0 Å². The van der Waals surface area contributed by atoms with Crippen molar-refractivity contribution in [3.8, 4) is 11.4 Å². The fourth-order valence-electron chi connectivity index (χ4n) is 6.90. The number of aromatic nitrogens is 3. The predicted molar refractivity (Wildman–Crippen MR) is 142 cm³/mol. The molecule has 2 aliphatic carbocycles. The fourth-order valence-corrected chi connectivity index (χ4v) is 6.90. The highest BCUT2D eigenvalue weighted by molar-refractivity contribution is 6.15. The van der Waals surface area contributed by atoms with Crippen molar-refractivity contribution in [2.75, 3.05) is 0 Å². The van der Waals surface area contributed by atoms with Gasteiger partial charge in [-0.05, 0) is 61.6 Å². The van der Waals surface area contributed by atoms with E-state index in [9.17, 15) is 24.3 Å². The number of phenols is 1. The number of fused-ring (bicyclic) bond motifs is 4. The Bertz CT molecular complexity index is 1720. The lowest BCUT2D eigenvalue weighted by Gasteiger charge is -2.53. The molecule has 8 heteroatoms. The highest BCUT2D eigenvalue weighted by Gasteiger charge is 2.60. The lowest BCUT2D eigenvalue weighted by atomic mass is 9.50. The molecule has 1 saturated carbocycles. The van der Waals surface area contributed by atoms with Crippen molar-refractivity contribution in [2.45, 2.75) is 52.6 Å². The summed E-state index contributed by atoms with van der Waals surface area (Å²) in [6, 6.07) is 13.5. The number of hydrogen-bond donors (Lipinski definition) is 1. The van der Waals surface area contributed by atoms with Crippen molar-refractivity contribution in [2.24, 2.45) is 11.3 Å². The number of ketones is 2. The first-order valence-corrected chi connectivity index (χ1v) is 12.8. The summed E-state index contributed by atoms with van der Waals surface area (Å²) in [4.78, 5) is 55.0. The van der Waals surface area contributed by atoms with Crippen LogP contribution in [0.25, 0.3) is 5.69 Å². The van der Waals surface area contributed by atoms with Crippen molar-refractivity contribution >= 4 is 11.6 Å². The van der Waals surface area contributed by atoms with Crippen molar-refractivity contribution in [1.82, 2.24) is 13.9 Å². The third-order valence-electron chi connectivity index (χ3n) is 9.03. The monoisotopic (exact) mass is 511 g/mol. The Morgan fingerprint density at radius 3 is 2.32 bits per heavy atom. The van der Waals surface area contributed by atoms with Crippen LogP contribution in [0.15, 0.2) is 80.9 Å². The molecule has 3 aliphatic rings. The van der Waals surface area contributed by atoms with Gasteiger partial charge in [0, 0.05) is 17.4 Å². The van der Waals surface area contributed by atoms with E-state index in [1.54, 1.807) is 57.2 Å². The molecule has 2 heterocycles. The molecule has 0 spiro atoms. The van der Waals surface area contributed by atoms with Gasteiger partial charge in [-0.15, -0.1) is 0 Å². The molecule has 1 aliphatic heterocycles. The van der Waals surface area contributed by atoms with Gasteiger partial charge in [-0.2, -0.15) is 0 Å². The molecule has 38 heavy (non-hydrogen) atoms. The third-order valence-corrected chi connectivity index (χ3v) is 9.03. The van der Waals surface area contributed by atoms with E-state index in [-0.39, 0.29) is 30.3 Å². The fraction of sp³-hybridized carbons (Fsp3) is 0.333. The van der Waals surface area contributed by atoms with Gasteiger partial charge < -0.3 is 5.11 Å². The zero-order valence-corrected chi connectivity index (χ0v) is 21.8. The van der Waals surface area contributed by atoms with Crippen molar-refractivity contribution in [3.63, 3.8) is 0 Å². The number of aryl methyl sites for hydroxylation is 1. The predicted octanol–water partition coefficient (Wildman–Crippen LogP) is 3.59. The minimum atomic E-state index is -1.15. The molecule has 3 aromatic rings. The minimum absolute atomic E-state index is 0.0698. The molecule has 194 valence electrons. The van der Waals surface area contributed by atoms with Gasteiger partial charge in [0.25, 0.3) is 0 Å². The molecule has 0 saturated heterocycles. The summed E-state index contributed by atoms with van der Waals surface area (Å²) in [5, 5.41) is 11.2. The first-order valence-electron chi connectivity index (χ1n) is 12.8. The van der Waals surface area contributed by atoms with E-state index in [0.717, 1.165) is 10.1 Å². The topological polar surface area (TPSA) is 103 Å². The SMILES string of the molecule is CC1=C(C)C(=O)[C@@]2(C)[C@@H](c3cccc(C)c3O)C3=CCn4c(=O)n(-c5ccccc5)c(=O)n4[C@@H]3C[C@H]2C1=O. The number of allylic oxidation sites excluding steroid dienone is 4. The Balaban J connectivity index is 1.63. The molecule has 0 unspecified atom stereocenters. The number of phenolic OH excluding ortho intramolecular Hbond substituents is 1. The van der Waals surface area contributed by atoms with Crippen molar-refractivity contribution in [3.05, 3.63) is 103 Å². The summed E-state index contributed by atoms with van der Waals surface area (Å²) in [5.41, 5.74) is 1.20. The summed E-state index contributed by atoms with van der Waals surface area (Å²) in [7, 11) is 0. The lowest BCUT2D eigenvalue weighted by molar-refractivity contribution is -0.140. The second-order valence-corrected chi connectivity index (χ2v) is 10.8. The van der Waals surface area contributed by atoms with Crippen LogP contribution in [0.1, 0.15) is 50.3 Å². The molecule has 4 atom stereocenters. The highest BCUT2D eigenvalue weighted by Crippen LogP contribution is 2.61.